The van der Waals surface area contributed by atoms with Crippen LogP contribution < -0.4 is 14.4 Å². The van der Waals surface area contributed by atoms with Crippen LogP contribution in [0.3, 0.4) is 0 Å². The molecule has 0 spiro atoms. The molecule has 0 saturated carbocycles. The Labute approximate surface area is 202 Å². The van der Waals surface area contributed by atoms with Crippen LogP contribution in [0.15, 0.2) is 53.1 Å². The highest BCUT2D eigenvalue weighted by Gasteiger charge is 2.39. The van der Waals surface area contributed by atoms with Crippen LogP contribution in [0.2, 0.25) is 0 Å². The summed E-state index contributed by atoms with van der Waals surface area (Å²) in [4.78, 5) is 28.8. The highest BCUT2D eigenvalue weighted by atomic mass is 32.2. The number of amides is 1. The molecule has 9 heteroatoms. The molecular formula is C25H25N3O5S. The van der Waals surface area contributed by atoms with E-state index in [1.807, 2.05) is 29.2 Å². The van der Waals surface area contributed by atoms with Gasteiger partial charge >= 0.3 is 5.97 Å². The molecule has 1 saturated heterocycles. The third-order valence-corrected chi connectivity index (χ3v) is 7.01. The highest BCUT2D eigenvalue weighted by Crippen LogP contribution is 2.45. The molecule has 176 valence electrons. The molecule has 0 bridgehead atoms. The monoisotopic (exact) mass is 479 g/mol. The van der Waals surface area contributed by atoms with Crippen molar-refractivity contribution in [2.24, 2.45) is 0 Å². The van der Waals surface area contributed by atoms with E-state index in [1.165, 1.54) is 11.8 Å². The van der Waals surface area contributed by atoms with E-state index in [2.05, 4.69) is 6.07 Å². The molecule has 0 radical (unpaired) electrons. The Morgan fingerprint density at radius 1 is 1.18 bits per heavy atom. The van der Waals surface area contributed by atoms with Crippen molar-refractivity contribution in [3.63, 3.8) is 0 Å². The van der Waals surface area contributed by atoms with Crippen LogP contribution >= 0.6 is 11.8 Å². The molecule has 1 fully saturated rings. The van der Waals surface area contributed by atoms with E-state index in [0.717, 1.165) is 11.3 Å². The molecule has 0 unspecified atom stereocenters. The lowest BCUT2D eigenvalue weighted by molar-refractivity contribution is -0.129. The molecule has 8 nitrogen and oxygen atoms in total. The van der Waals surface area contributed by atoms with Crippen molar-refractivity contribution in [1.29, 1.82) is 5.26 Å². The van der Waals surface area contributed by atoms with Crippen molar-refractivity contribution in [2.45, 2.75) is 19.3 Å². The minimum atomic E-state index is -0.382. The van der Waals surface area contributed by atoms with Crippen molar-refractivity contribution in [3.8, 4) is 17.6 Å². The molecule has 0 N–H and O–H groups in total. The summed E-state index contributed by atoms with van der Waals surface area (Å²) in [6, 6.07) is 14.9. The largest absolute Gasteiger partial charge is 0.497 e. The Kier molecular flexibility index (Phi) is 6.98. The fraction of sp³-hybridized carbons (Fsp3) is 0.320. The van der Waals surface area contributed by atoms with Gasteiger partial charge in [-0.1, -0.05) is 17.8 Å². The number of fused-ring (bicyclic) bond motifs is 1. The predicted molar refractivity (Wildman–Crippen MR) is 129 cm³/mol. The normalized spacial score (nSPS) is 17.7. The fourth-order valence-corrected chi connectivity index (χ4v) is 5.29. The maximum atomic E-state index is 13.2. The summed E-state index contributed by atoms with van der Waals surface area (Å²) in [5.41, 5.74) is 2.71. The van der Waals surface area contributed by atoms with E-state index in [9.17, 15) is 14.9 Å². The lowest BCUT2D eigenvalue weighted by atomic mass is 9.86. The van der Waals surface area contributed by atoms with E-state index in [4.69, 9.17) is 14.2 Å². The zero-order valence-corrected chi connectivity index (χ0v) is 20.1. The average Bonchev–Trinajstić information content (AvgIpc) is 2.88. The first-order valence-corrected chi connectivity index (χ1v) is 11.8. The van der Waals surface area contributed by atoms with Crippen molar-refractivity contribution in [1.82, 2.24) is 4.90 Å². The van der Waals surface area contributed by atoms with Crippen LogP contribution in [0.5, 0.6) is 11.5 Å². The van der Waals surface area contributed by atoms with Crippen molar-refractivity contribution in [2.75, 3.05) is 38.3 Å². The summed E-state index contributed by atoms with van der Waals surface area (Å²) in [5, 5.41) is 10.7. The number of esters is 1. The molecule has 1 atom stereocenters. The second-order valence-corrected chi connectivity index (χ2v) is 8.67. The van der Waals surface area contributed by atoms with Crippen molar-refractivity contribution >= 4 is 29.3 Å². The van der Waals surface area contributed by atoms with Gasteiger partial charge < -0.3 is 19.1 Å². The van der Waals surface area contributed by atoms with Crippen LogP contribution in [-0.4, -0.2) is 50.1 Å². The van der Waals surface area contributed by atoms with Gasteiger partial charge in [-0.2, -0.15) is 5.26 Å². The quantitative estimate of drug-likeness (QED) is 0.572. The van der Waals surface area contributed by atoms with Gasteiger partial charge in [0.15, 0.2) is 0 Å². The number of hydrogen-bond donors (Lipinski definition) is 0. The lowest BCUT2D eigenvalue weighted by Gasteiger charge is -2.42. The summed E-state index contributed by atoms with van der Waals surface area (Å²) in [6.07, 6.45) is 0.172. The first kappa shape index (κ1) is 23.5. The van der Waals surface area contributed by atoms with Crippen LogP contribution in [0.1, 0.15) is 35.2 Å². The predicted octanol–water partition coefficient (Wildman–Crippen LogP) is 4.10. The summed E-state index contributed by atoms with van der Waals surface area (Å²) in [7, 11) is 3.14. The number of thioether (sulfide) groups is 1. The number of nitrogens with zero attached hydrogens (tertiary/aromatic N) is 3. The second kappa shape index (κ2) is 10.1. The SMILES string of the molecule is CCOC(=O)c1ccc(N2CSC3=C(C#N)[C@@H](c4ccc(OC)cc4OC)CC(=O)N3C2)cc1. The third kappa shape index (κ3) is 4.41. The number of allylic oxidation sites excluding steroid dienone is 1. The number of carbonyl (C=O) groups excluding carboxylic acids is 2. The fourth-order valence-electron chi connectivity index (χ4n) is 4.12. The first-order chi connectivity index (χ1) is 16.5. The number of ether oxygens (including phenoxy) is 3. The van der Waals surface area contributed by atoms with Crippen LogP contribution in [-0.2, 0) is 9.53 Å². The molecule has 0 aromatic heterocycles. The molecule has 2 aliphatic heterocycles. The zero-order chi connectivity index (χ0) is 24.2. The van der Waals surface area contributed by atoms with Crippen molar-refractivity contribution in [3.05, 3.63) is 64.2 Å². The Hall–Kier alpha value is -3.64. The number of benzene rings is 2. The van der Waals surface area contributed by atoms with Gasteiger partial charge in [0.25, 0.3) is 0 Å². The molecule has 2 aliphatic rings. The number of rotatable bonds is 6. The van der Waals surface area contributed by atoms with Gasteiger partial charge in [-0.3, -0.25) is 9.69 Å². The number of anilines is 1. The van der Waals surface area contributed by atoms with Crippen LogP contribution in [0.4, 0.5) is 5.69 Å². The van der Waals surface area contributed by atoms with E-state index in [0.29, 0.717) is 46.8 Å². The maximum Gasteiger partial charge on any atom is 0.338 e. The summed E-state index contributed by atoms with van der Waals surface area (Å²) in [6.45, 7) is 2.42. The van der Waals surface area contributed by atoms with Crippen LogP contribution in [0, 0.1) is 11.3 Å². The Balaban J connectivity index is 1.60. The average molecular weight is 480 g/mol. The van der Waals surface area contributed by atoms with Gasteiger partial charge in [-0.25, -0.2) is 4.79 Å². The van der Waals surface area contributed by atoms with Gasteiger partial charge in [-0.15, -0.1) is 0 Å². The van der Waals surface area contributed by atoms with Gasteiger partial charge in [-0.05, 0) is 37.3 Å². The minimum Gasteiger partial charge on any atom is -0.497 e. The molecule has 34 heavy (non-hydrogen) atoms. The summed E-state index contributed by atoms with van der Waals surface area (Å²) >= 11 is 1.46. The van der Waals surface area contributed by atoms with Crippen LogP contribution in [0.25, 0.3) is 0 Å². The smallest absolute Gasteiger partial charge is 0.338 e. The molecule has 4 rings (SSSR count). The maximum absolute atomic E-state index is 13.2. The van der Waals surface area contributed by atoms with Crippen molar-refractivity contribution < 1.29 is 23.8 Å². The standard InChI is InChI=1S/C25H25N3O5S/c1-4-33-25(30)16-5-7-17(8-6-16)27-14-28-23(29)12-20(21(13-26)24(28)34-15-27)19-10-9-18(31-2)11-22(19)32-3/h5-11,20H,4,12,14-15H2,1-3H3/t20-/m1/s1. The van der Waals surface area contributed by atoms with E-state index in [1.54, 1.807) is 44.2 Å². The Morgan fingerprint density at radius 2 is 1.94 bits per heavy atom. The van der Waals surface area contributed by atoms with Gasteiger partial charge in [0, 0.05) is 29.7 Å². The molecular weight excluding hydrogens is 454 g/mol. The molecule has 2 aromatic carbocycles. The second-order valence-electron chi connectivity index (χ2n) is 7.74. The van der Waals surface area contributed by atoms with E-state index < -0.39 is 0 Å². The molecule has 2 heterocycles. The number of nitriles is 1. The zero-order valence-electron chi connectivity index (χ0n) is 19.2. The van der Waals surface area contributed by atoms with Gasteiger partial charge in [0.05, 0.1) is 55.6 Å². The topological polar surface area (TPSA) is 92.1 Å². The van der Waals surface area contributed by atoms with Gasteiger partial charge in [0.1, 0.15) is 11.5 Å². The first-order valence-electron chi connectivity index (χ1n) is 10.8. The molecule has 2 aromatic rings. The Bertz CT molecular complexity index is 1170. The third-order valence-electron chi connectivity index (χ3n) is 5.85. The Morgan fingerprint density at radius 3 is 2.59 bits per heavy atom. The van der Waals surface area contributed by atoms with Gasteiger partial charge in [0.2, 0.25) is 5.91 Å². The minimum absolute atomic E-state index is 0.0581. The summed E-state index contributed by atoms with van der Waals surface area (Å²) in [5.74, 6) is 0.993. The number of hydrogen-bond acceptors (Lipinski definition) is 8. The van der Waals surface area contributed by atoms with E-state index >= 15 is 0 Å². The summed E-state index contributed by atoms with van der Waals surface area (Å²) < 4.78 is 15.9. The number of methoxy groups -OCH3 is 2. The number of carbonyl (C=O) groups is 2. The highest BCUT2D eigenvalue weighted by molar-refractivity contribution is 8.03. The molecule has 1 amide bonds. The van der Waals surface area contributed by atoms with E-state index in [-0.39, 0.29) is 24.2 Å². The molecule has 0 aliphatic carbocycles. The lowest BCUT2D eigenvalue weighted by Crippen LogP contribution is -2.47.